The summed E-state index contributed by atoms with van der Waals surface area (Å²) in [7, 11) is 0. The standard InChI is InChI=1S/C18H19N3O2S2/c1-3-21(17(22)12-25-14-8-6-13(2)7-9-14)11-16-19-18(20-23-16)15-5-4-10-24-15/h4-10H,3,11-12H2,1-2H3. The lowest BCUT2D eigenvalue weighted by Crippen LogP contribution is -2.31. The lowest BCUT2D eigenvalue weighted by Gasteiger charge is -2.18. The Morgan fingerprint density at radius 2 is 2.08 bits per heavy atom. The van der Waals surface area contributed by atoms with Gasteiger partial charge in [-0.15, -0.1) is 23.1 Å². The van der Waals surface area contributed by atoms with Gasteiger partial charge in [0.25, 0.3) is 0 Å². The Bertz CT molecular complexity index is 813. The summed E-state index contributed by atoms with van der Waals surface area (Å²) in [6.07, 6.45) is 0. The van der Waals surface area contributed by atoms with Crippen LogP contribution in [0.5, 0.6) is 0 Å². The highest BCUT2D eigenvalue weighted by Gasteiger charge is 2.17. The van der Waals surface area contributed by atoms with Crippen molar-refractivity contribution in [2.24, 2.45) is 0 Å². The number of aromatic nitrogens is 2. The maximum Gasteiger partial charge on any atom is 0.246 e. The number of hydrogen-bond acceptors (Lipinski definition) is 6. The number of nitrogens with zero attached hydrogens (tertiary/aromatic N) is 3. The monoisotopic (exact) mass is 373 g/mol. The van der Waals surface area contributed by atoms with Crippen LogP contribution in [0.2, 0.25) is 0 Å². The van der Waals surface area contributed by atoms with Gasteiger partial charge >= 0.3 is 0 Å². The Hall–Kier alpha value is -2.12. The van der Waals surface area contributed by atoms with Gasteiger partial charge in [0.15, 0.2) is 0 Å². The molecule has 3 aromatic rings. The molecular weight excluding hydrogens is 354 g/mol. The molecule has 0 saturated heterocycles. The Morgan fingerprint density at radius 1 is 1.28 bits per heavy atom. The van der Waals surface area contributed by atoms with Crippen LogP contribution >= 0.6 is 23.1 Å². The predicted octanol–water partition coefficient (Wildman–Crippen LogP) is 4.25. The summed E-state index contributed by atoms with van der Waals surface area (Å²) < 4.78 is 5.29. The highest BCUT2D eigenvalue weighted by Crippen LogP contribution is 2.22. The molecule has 0 spiro atoms. The van der Waals surface area contributed by atoms with Crippen molar-refractivity contribution in [1.29, 1.82) is 0 Å². The Kier molecular flexibility index (Phi) is 5.88. The maximum atomic E-state index is 12.5. The lowest BCUT2D eigenvalue weighted by atomic mass is 10.2. The van der Waals surface area contributed by atoms with Gasteiger partial charge in [-0.1, -0.05) is 28.9 Å². The van der Waals surface area contributed by atoms with Crippen molar-refractivity contribution in [3.05, 3.63) is 53.2 Å². The number of thioether (sulfide) groups is 1. The fourth-order valence-corrected chi connectivity index (χ4v) is 3.69. The molecule has 25 heavy (non-hydrogen) atoms. The van der Waals surface area contributed by atoms with Gasteiger partial charge < -0.3 is 9.42 Å². The molecule has 0 saturated carbocycles. The van der Waals surface area contributed by atoms with Crippen LogP contribution in [0.25, 0.3) is 10.7 Å². The van der Waals surface area contributed by atoms with Crippen molar-refractivity contribution >= 4 is 29.0 Å². The average molecular weight is 374 g/mol. The third-order valence-corrected chi connectivity index (χ3v) is 5.52. The smallest absolute Gasteiger partial charge is 0.246 e. The van der Waals surface area contributed by atoms with Crippen molar-refractivity contribution in [3.63, 3.8) is 0 Å². The van der Waals surface area contributed by atoms with E-state index in [1.54, 1.807) is 16.2 Å². The molecule has 0 aliphatic heterocycles. The molecule has 2 aromatic heterocycles. The zero-order valence-electron chi connectivity index (χ0n) is 14.1. The molecule has 0 N–H and O–H groups in total. The number of carbonyl (C=O) groups excluding carboxylic acids is 1. The van der Waals surface area contributed by atoms with Gasteiger partial charge in [-0.3, -0.25) is 4.79 Å². The van der Waals surface area contributed by atoms with E-state index in [0.717, 1.165) is 9.77 Å². The van der Waals surface area contributed by atoms with Gasteiger partial charge in [0, 0.05) is 11.4 Å². The maximum absolute atomic E-state index is 12.5. The first-order chi connectivity index (χ1) is 12.2. The Labute approximate surface area is 155 Å². The molecule has 0 unspecified atom stereocenters. The average Bonchev–Trinajstić information content (AvgIpc) is 3.30. The summed E-state index contributed by atoms with van der Waals surface area (Å²) in [4.78, 5) is 20.6. The number of carbonyl (C=O) groups is 1. The van der Waals surface area contributed by atoms with Crippen molar-refractivity contribution < 1.29 is 9.32 Å². The third kappa shape index (κ3) is 4.70. The molecule has 0 atom stereocenters. The van der Waals surface area contributed by atoms with Crippen LogP contribution in [0.4, 0.5) is 0 Å². The fraction of sp³-hybridized carbons (Fsp3) is 0.278. The van der Waals surface area contributed by atoms with Crippen molar-refractivity contribution in [1.82, 2.24) is 15.0 Å². The molecule has 3 rings (SSSR count). The van der Waals surface area contributed by atoms with Gasteiger partial charge in [-0.05, 0) is 37.4 Å². The van der Waals surface area contributed by atoms with Gasteiger partial charge in [0.1, 0.15) is 0 Å². The molecule has 0 aliphatic rings. The van der Waals surface area contributed by atoms with Crippen LogP contribution in [0.15, 0.2) is 51.2 Å². The molecule has 130 valence electrons. The summed E-state index contributed by atoms with van der Waals surface area (Å²) in [6, 6.07) is 12.1. The lowest BCUT2D eigenvalue weighted by molar-refractivity contribution is -0.129. The van der Waals surface area contributed by atoms with Crippen LogP contribution in [0, 0.1) is 6.92 Å². The summed E-state index contributed by atoms with van der Waals surface area (Å²) in [5.74, 6) is 1.48. The highest BCUT2D eigenvalue weighted by molar-refractivity contribution is 8.00. The minimum atomic E-state index is 0.0592. The van der Waals surface area contributed by atoms with E-state index in [1.807, 2.05) is 43.5 Å². The number of benzene rings is 1. The van der Waals surface area contributed by atoms with Crippen molar-refractivity contribution in [3.8, 4) is 10.7 Å². The quantitative estimate of drug-likeness (QED) is 0.580. The topological polar surface area (TPSA) is 59.2 Å². The zero-order valence-corrected chi connectivity index (χ0v) is 15.8. The van der Waals surface area contributed by atoms with E-state index in [1.165, 1.54) is 17.3 Å². The second-order valence-electron chi connectivity index (χ2n) is 5.50. The summed E-state index contributed by atoms with van der Waals surface area (Å²) >= 11 is 3.10. The second kappa shape index (κ2) is 8.31. The van der Waals surface area contributed by atoms with Crippen LogP contribution < -0.4 is 0 Å². The molecule has 5 nitrogen and oxygen atoms in total. The fourth-order valence-electron chi connectivity index (χ4n) is 2.24. The van der Waals surface area contributed by atoms with E-state index >= 15 is 0 Å². The molecule has 0 aliphatic carbocycles. The van der Waals surface area contributed by atoms with Crippen LogP contribution in [-0.2, 0) is 11.3 Å². The second-order valence-corrected chi connectivity index (χ2v) is 7.50. The number of hydrogen-bond donors (Lipinski definition) is 0. The first-order valence-electron chi connectivity index (χ1n) is 7.99. The van der Waals surface area contributed by atoms with Crippen LogP contribution in [0.3, 0.4) is 0 Å². The number of rotatable bonds is 7. The van der Waals surface area contributed by atoms with Gasteiger partial charge in [-0.2, -0.15) is 4.98 Å². The first-order valence-corrected chi connectivity index (χ1v) is 9.86. The third-order valence-electron chi connectivity index (χ3n) is 3.65. The largest absolute Gasteiger partial charge is 0.337 e. The molecule has 0 radical (unpaired) electrons. The summed E-state index contributed by atoms with van der Waals surface area (Å²) in [5.41, 5.74) is 1.21. The van der Waals surface area contributed by atoms with E-state index in [0.29, 0.717) is 30.6 Å². The van der Waals surface area contributed by atoms with Gasteiger partial charge in [0.2, 0.25) is 17.6 Å². The van der Waals surface area contributed by atoms with Gasteiger partial charge in [0.05, 0.1) is 17.2 Å². The minimum Gasteiger partial charge on any atom is -0.337 e. The van der Waals surface area contributed by atoms with Crippen molar-refractivity contribution in [2.45, 2.75) is 25.3 Å². The van der Waals surface area contributed by atoms with Crippen LogP contribution in [-0.4, -0.2) is 33.2 Å². The molecular formula is C18H19N3O2S2. The van der Waals surface area contributed by atoms with Crippen LogP contribution in [0.1, 0.15) is 18.4 Å². The number of thiophene rings is 1. The predicted molar refractivity (Wildman–Crippen MR) is 101 cm³/mol. The SMILES string of the molecule is CCN(Cc1nc(-c2cccs2)no1)C(=O)CSc1ccc(C)cc1. The molecule has 2 heterocycles. The summed E-state index contributed by atoms with van der Waals surface area (Å²) in [5, 5.41) is 5.96. The summed E-state index contributed by atoms with van der Waals surface area (Å²) in [6.45, 7) is 4.93. The number of aryl methyl sites for hydroxylation is 1. The number of amides is 1. The highest BCUT2D eigenvalue weighted by atomic mass is 32.2. The van der Waals surface area contributed by atoms with E-state index in [2.05, 4.69) is 22.3 Å². The Balaban J connectivity index is 1.58. The first kappa shape index (κ1) is 17.7. The molecule has 0 fully saturated rings. The zero-order chi connectivity index (χ0) is 17.6. The minimum absolute atomic E-state index is 0.0592. The molecule has 0 bridgehead atoms. The van der Waals surface area contributed by atoms with E-state index in [9.17, 15) is 4.79 Å². The molecule has 1 amide bonds. The Morgan fingerprint density at radius 3 is 2.76 bits per heavy atom. The van der Waals surface area contributed by atoms with Gasteiger partial charge in [-0.25, -0.2) is 0 Å². The molecule has 1 aromatic carbocycles. The normalized spacial score (nSPS) is 10.8. The van der Waals surface area contributed by atoms with E-state index in [4.69, 9.17) is 4.52 Å². The van der Waals surface area contributed by atoms with E-state index in [-0.39, 0.29) is 5.91 Å². The van der Waals surface area contributed by atoms with Crippen molar-refractivity contribution in [2.75, 3.05) is 12.3 Å². The molecule has 7 heteroatoms. The van der Waals surface area contributed by atoms with E-state index < -0.39 is 0 Å².